The summed E-state index contributed by atoms with van der Waals surface area (Å²) in [7, 11) is 0. The lowest BCUT2D eigenvalue weighted by atomic mass is 9.76. The first-order chi connectivity index (χ1) is 8.10. The van der Waals surface area contributed by atoms with Crippen LogP contribution in [-0.2, 0) is 0 Å². The fraction of sp³-hybridized carbons (Fsp3) is 1.00. The fourth-order valence-electron chi connectivity index (χ4n) is 2.51. The predicted octanol–water partition coefficient (Wildman–Crippen LogP) is 5.01. The van der Waals surface area contributed by atoms with Crippen LogP contribution < -0.4 is 5.32 Å². The first-order valence-electron chi connectivity index (χ1n) is 7.81. The van der Waals surface area contributed by atoms with Gasteiger partial charge >= 0.3 is 0 Å². The molecule has 0 amide bonds. The maximum Gasteiger partial charge on any atom is 0.000781 e. The molecule has 0 saturated carbocycles. The van der Waals surface area contributed by atoms with Crippen LogP contribution in [0.1, 0.15) is 79.6 Å². The Morgan fingerprint density at radius 1 is 0.941 bits per heavy atom. The van der Waals surface area contributed by atoms with Crippen LogP contribution in [-0.4, -0.2) is 13.1 Å². The van der Waals surface area contributed by atoms with Crippen LogP contribution in [0.3, 0.4) is 0 Å². The van der Waals surface area contributed by atoms with Gasteiger partial charge in [-0.1, -0.05) is 60.3 Å². The Morgan fingerprint density at radius 2 is 1.47 bits per heavy atom. The van der Waals surface area contributed by atoms with Crippen molar-refractivity contribution in [3.8, 4) is 0 Å². The number of hydrogen-bond donors (Lipinski definition) is 1. The van der Waals surface area contributed by atoms with Gasteiger partial charge in [0.15, 0.2) is 0 Å². The zero-order valence-corrected chi connectivity index (χ0v) is 12.9. The number of nitrogens with one attached hydrogen (secondary N) is 1. The number of unbranched alkanes of at least 4 members (excludes halogenated alkanes) is 2. The molecular weight excluding hydrogens is 206 g/mol. The molecule has 0 aliphatic heterocycles. The van der Waals surface area contributed by atoms with E-state index in [4.69, 9.17) is 0 Å². The van der Waals surface area contributed by atoms with E-state index in [0.717, 1.165) is 5.92 Å². The number of rotatable bonds is 11. The molecule has 0 spiro atoms. The van der Waals surface area contributed by atoms with Crippen LogP contribution in [0.4, 0.5) is 0 Å². The molecule has 0 fully saturated rings. The zero-order valence-electron chi connectivity index (χ0n) is 12.9. The molecule has 17 heavy (non-hydrogen) atoms. The van der Waals surface area contributed by atoms with Crippen LogP contribution >= 0.6 is 0 Å². The zero-order chi connectivity index (χ0) is 13.1. The van der Waals surface area contributed by atoms with Crippen molar-refractivity contribution in [1.82, 2.24) is 5.32 Å². The van der Waals surface area contributed by atoms with Gasteiger partial charge in [0.1, 0.15) is 0 Å². The van der Waals surface area contributed by atoms with Gasteiger partial charge in [0.25, 0.3) is 0 Å². The average Bonchev–Trinajstić information content (AvgIpc) is 2.32. The van der Waals surface area contributed by atoms with E-state index in [1.165, 1.54) is 58.0 Å². The molecule has 1 nitrogen and oxygen atoms in total. The molecule has 1 heteroatoms. The van der Waals surface area contributed by atoms with E-state index in [2.05, 4.69) is 39.9 Å². The standard InChI is InChI=1S/C16H35N/c1-6-9-11-16(8-3,12-10-7-2)14-17-13-15(4)5/h15,17H,6-14H2,1-5H3. The van der Waals surface area contributed by atoms with E-state index < -0.39 is 0 Å². The molecule has 0 aromatic rings. The highest BCUT2D eigenvalue weighted by molar-refractivity contribution is 4.80. The van der Waals surface area contributed by atoms with Crippen molar-refractivity contribution in [2.45, 2.75) is 79.6 Å². The van der Waals surface area contributed by atoms with Crippen LogP contribution in [0.2, 0.25) is 0 Å². The Kier molecular flexibility index (Phi) is 9.91. The van der Waals surface area contributed by atoms with Gasteiger partial charge in [0.2, 0.25) is 0 Å². The van der Waals surface area contributed by atoms with E-state index in [1.54, 1.807) is 0 Å². The van der Waals surface area contributed by atoms with Gasteiger partial charge in [-0.3, -0.25) is 0 Å². The first-order valence-corrected chi connectivity index (χ1v) is 7.81. The molecule has 0 unspecified atom stereocenters. The largest absolute Gasteiger partial charge is 0.316 e. The van der Waals surface area contributed by atoms with E-state index >= 15 is 0 Å². The minimum absolute atomic E-state index is 0.570. The Balaban J connectivity index is 4.22. The third-order valence-corrected chi connectivity index (χ3v) is 3.92. The molecule has 1 N–H and O–H groups in total. The van der Waals surface area contributed by atoms with Gasteiger partial charge in [-0.15, -0.1) is 0 Å². The highest BCUT2D eigenvalue weighted by Gasteiger charge is 2.26. The molecule has 0 saturated heterocycles. The monoisotopic (exact) mass is 241 g/mol. The summed E-state index contributed by atoms with van der Waals surface area (Å²) in [5.74, 6) is 0.766. The third-order valence-electron chi connectivity index (χ3n) is 3.92. The first kappa shape index (κ1) is 17.0. The average molecular weight is 241 g/mol. The molecule has 0 radical (unpaired) electrons. The summed E-state index contributed by atoms with van der Waals surface area (Å²) in [4.78, 5) is 0. The van der Waals surface area contributed by atoms with E-state index in [0.29, 0.717) is 5.41 Å². The molecule has 0 aromatic heterocycles. The van der Waals surface area contributed by atoms with Crippen LogP contribution in [0.5, 0.6) is 0 Å². The predicted molar refractivity (Wildman–Crippen MR) is 79.5 cm³/mol. The maximum atomic E-state index is 3.69. The summed E-state index contributed by atoms with van der Waals surface area (Å²) in [5, 5.41) is 3.69. The van der Waals surface area contributed by atoms with Crippen LogP contribution in [0.25, 0.3) is 0 Å². The molecule has 104 valence electrons. The third kappa shape index (κ3) is 7.81. The van der Waals surface area contributed by atoms with Crippen molar-refractivity contribution in [2.24, 2.45) is 11.3 Å². The SMILES string of the molecule is CCCCC(CC)(CCCC)CNCC(C)C. The Hall–Kier alpha value is -0.0400. The lowest BCUT2D eigenvalue weighted by Crippen LogP contribution is -2.35. The molecular formula is C16H35N. The summed E-state index contributed by atoms with van der Waals surface area (Å²) in [5.41, 5.74) is 0.570. The molecule has 0 aromatic carbocycles. The minimum Gasteiger partial charge on any atom is -0.316 e. The summed E-state index contributed by atoms with van der Waals surface area (Å²) in [6.45, 7) is 14.0. The molecule has 0 bridgehead atoms. The summed E-state index contributed by atoms with van der Waals surface area (Å²) in [6, 6.07) is 0. The molecule has 0 heterocycles. The summed E-state index contributed by atoms with van der Waals surface area (Å²) in [6.07, 6.45) is 9.59. The smallest absolute Gasteiger partial charge is 0.000781 e. The lowest BCUT2D eigenvalue weighted by Gasteiger charge is -2.34. The van der Waals surface area contributed by atoms with Gasteiger partial charge in [0, 0.05) is 6.54 Å². The van der Waals surface area contributed by atoms with Gasteiger partial charge < -0.3 is 5.32 Å². The van der Waals surface area contributed by atoms with Gasteiger partial charge in [-0.2, -0.15) is 0 Å². The number of hydrogen-bond acceptors (Lipinski definition) is 1. The summed E-state index contributed by atoms with van der Waals surface area (Å²) < 4.78 is 0. The van der Waals surface area contributed by atoms with E-state index in [9.17, 15) is 0 Å². The highest BCUT2D eigenvalue weighted by atomic mass is 14.9. The quantitative estimate of drug-likeness (QED) is 0.536. The fourth-order valence-corrected chi connectivity index (χ4v) is 2.51. The van der Waals surface area contributed by atoms with Crippen molar-refractivity contribution in [2.75, 3.05) is 13.1 Å². The summed E-state index contributed by atoms with van der Waals surface area (Å²) >= 11 is 0. The Labute approximate surface area is 110 Å². The second-order valence-electron chi connectivity index (χ2n) is 6.09. The van der Waals surface area contributed by atoms with Crippen molar-refractivity contribution in [3.05, 3.63) is 0 Å². The molecule has 0 atom stereocenters. The Morgan fingerprint density at radius 3 is 1.82 bits per heavy atom. The van der Waals surface area contributed by atoms with Crippen molar-refractivity contribution in [1.29, 1.82) is 0 Å². The second kappa shape index (κ2) is 9.94. The van der Waals surface area contributed by atoms with Gasteiger partial charge in [0.05, 0.1) is 0 Å². The van der Waals surface area contributed by atoms with Crippen molar-refractivity contribution < 1.29 is 0 Å². The lowest BCUT2D eigenvalue weighted by molar-refractivity contribution is 0.204. The molecule has 0 rings (SSSR count). The van der Waals surface area contributed by atoms with E-state index in [-0.39, 0.29) is 0 Å². The van der Waals surface area contributed by atoms with Gasteiger partial charge in [-0.05, 0) is 37.1 Å². The second-order valence-corrected chi connectivity index (χ2v) is 6.09. The van der Waals surface area contributed by atoms with Gasteiger partial charge in [-0.25, -0.2) is 0 Å². The molecule has 0 aliphatic carbocycles. The molecule has 0 aliphatic rings. The van der Waals surface area contributed by atoms with Crippen LogP contribution in [0, 0.1) is 11.3 Å². The topological polar surface area (TPSA) is 12.0 Å². The maximum absolute atomic E-state index is 3.69. The minimum atomic E-state index is 0.570. The highest BCUT2D eigenvalue weighted by Crippen LogP contribution is 2.34. The van der Waals surface area contributed by atoms with Crippen molar-refractivity contribution in [3.63, 3.8) is 0 Å². The normalized spacial score (nSPS) is 12.4. The van der Waals surface area contributed by atoms with E-state index in [1.807, 2.05) is 0 Å². The van der Waals surface area contributed by atoms with Crippen molar-refractivity contribution >= 4 is 0 Å². The Bertz CT molecular complexity index is 155. The van der Waals surface area contributed by atoms with Crippen LogP contribution in [0.15, 0.2) is 0 Å².